The molecule has 1 aliphatic rings. The molecule has 3 rings (SSSR count). The normalized spacial score (nSPS) is 16.0. The van der Waals surface area contributed by atoms with Crippen molar-refractivity contribution >= 4 is 46.3 Å². The largest absolute Gasteiger partial charge is 0.457 e. The van der Waals surface area contributed by atoms with Crippen molar-refractivity contribution in [2.45, 2.75) is 6.92 Å². The Morgan fingerprint density at radius 1 is 1.33 bits per heavy atom. The maximum atomic E-state index is 12.2. The van der Waals surface area contributed by atoms with E-state index in [9.17, 15) is 9.59 Å². The molecule has 5 nitrogen and oxygen atoms in total. The lowest BCUT2D eigenvalue weighted by Gasteiger charge is -2.09. The zero-order chi connectivity index (χ0) is 17.1. The van der Waals surface area contributed by atoms with Gasteiger partial charge in [-0.25, -0.2) is 4.79 Å². The molecule has 0 saturated carbocycles. The molecule has 0 aliphatic carbocycles. The summed E-state index contributed by atoms with van der Waals surface area (Å²) in [4.78, 5) is 26.1. The number of ether oxygens (including phenoxy) is 1. The van der Waals surface area contributed by atoms with Crippen LogP contribution in [-0.4, -0.2) is 27.6 Å². The molecule has 122 valence electrons. The molecule has 0 N–H and O–H groups in total. The third kappa shape index (κ3) is 3.42. The highest BCUT2D eigenvalue weighted by molar-refractivity contribution is 8.26. The van der Waals surface area contributed by atoms with E-state index in [1.807, 2.05) is 6.92 Å². The average Bonchev–Trinajstić information content (AvgIpc) is 3.19. The molecule has 7 heteroatoms. The summed E-state index contributed by atoms with van der Waals surface area (Å²) in [6.45, 7) is 2.44. The van der Waals surface area contributed by atoms with E-state index in [-0.39, 0.29) is 11.7 Å². The number of benzene rings is 1. The lowest BCUT2D eigenvalue weighted by Crippen LogP contribution is -2.27. The average molecular weight is 359 g/mol. The molecule has 0 radical (unpaired) electrons. The van der Waals surface area contributed by atoms with Crippen molar-refractivity contribution in [3.63, 3.8) is 0 Å². The number of rotatable bonds is 4. The Bertz CT molecular complexity index is 810. The first-order valence-electron chi connectivity index (χ1n) is 7.19. The second-order valence-corrected chi connectivity index (χ2v) is 6.54. The minimum Gasteiger partial charge on any atom is -0.457 e. The van der Waals surface area contributed by atoms with Gasteiger partial charge in [-0.2, -0.15) is 0 Å². The minimum atomic E-state index is -0.559. The van der Waals surface area contributed by atoms with Crippen LogP contribution in [0.2, 0.25) is 0 Å². The van der Waals surface area contributed by atoms with Crippen LogP contribution in [0.15, 0.2) is 52.0 Å². The molecule has 0 atom stereocenters. The molecule has 1 saturated heterocycles. The van der Waals surface area contributed by atoms with Crippen LogP contribution >= 0.6 is 24.0 Å². The van der Waals surface area contributed by atoms with Crippen LogP contribution in [0.5, 0.6) is 5.75 Å². The number of hydrogen-bond acceptors (Lipinski definition) is 6. The van der Waals surface area contributed by atoms with Gasteiger partial charge in [0.2, 0.25) is 5.76 Å². The van der Waals surface area contributed by atoms with E-state index in [2.05, 4.69) is 0 Å². The molecule has 2 heterocycles. The molecule has 0 spiro atoms. The molecular formula is C17H13NO4S2. The molecular weight excluding hydrogens is 346 g/mol. The highest BCUT2D eigenvalue weighted by atomic mass is 32.2. The standard InChI is InChI=1S/C17H13NO4S2/c1-2-18-15(19)14(24-17(18)23)10-11-5-7-12(8-6-11)22-16(20)13-4-3-9-21-13/h3-10H,2H2,1H3. The zero-order valence-corrected chi connectivity index (χ0v) is 14.4. The summed E-state index contributed by atoms with van der Waals surface area (Å²) in [5, 5.41) is 0. The van der Waals surface area contributed by atoms with E-state index in [0.717, 1.165) is 5.56 Å². The van der Waals surface area contributed by atoms with E-state index >= 15 is 0 Å². The summed E-state index contributed by atoms with van der Waals surface area (Å²) in [6.07, 6.45) is 3.18. The Labute approximate surface area is 148 Å². The summed E-state index contributed by atoms with van der Waals surface area (Å²) in [5.74, 6) is -0.102. The van der Waals surface area contributed by atoms with Crippen LogP contribution < -0.4 is 4.74 Å². The maximum Gasteiger partial charge on any atom is 0.379 e. The van der Waals surface area contributed by atoms with Gasteiger partial charge in [0.25, 0.3) is 5.91 Å². The number of nitrogens with zero attached hydrogens (tertiary/aromatic N) is 1. The van der Waals surface area contributed by atoms with Gasteiger partial charge in [-0.3, -0.25) is 9.69 Å². The van der Waals surface area contributed by atoms with Crippen molar-refractivity contribution in [1.82, 2.24) is 4.90 Å². The fourth-order valence-electron chi connectivity index (χ4n) is 2.11. The van der Waals surface area contributed by atoms with Crippen LogP contribution in [0.1, 0.15) is 23.0 Å². The SMILES string of the molecule is CCN1C(=O)C(=Cc2ccc(OC(=O)c3ccco3)cc2)SC1=S. The molecule has 0 bridgehead atoms. The van der Waals surface area contributed by atoms with Crippen LogP contribution in [0, 0.1) is 0 Å². The van der Waals surface area contributed by atoms with Crippen molar-refractivity contribution in [1.29, 1.82) is 0 Å². The lowest BCUT2D eigenvalue weighted by molar-refractivity contribution is -0.121. The van der Waals surface area contributed by atoms with Crippen LogP contribution in [0.4, 0.5) is 0 Å². The Balaban J connectivity index is 1.71. The minimum absolute atomic E-state index is 0.0826. The first kappa shape index (κ1) is 16.5. The van der Waals surface area contributed by atoms with E-state index < -0.39 is 5.97 Å². The van der Waals surface area contributed by atoms with Crippen molar-refractivity contribution in [3.8, 4) is 5.75 Å². The van der Waals surface area contributed by atoms with Gasteiger partial charge in [0.05, 0.1) is 11.2 Å². The summed E-state index contributed by atoms with van der Waals surface area (Å²) in [6, 6.07) is 10.0. The summed E-state index contributed by atoms with van der Waals surface area (Å²) in [7, 11) is 0. The van der Waals surface area contributed by atoms with Gasteiger partial charge in [-0.1, -0.05) is 36.1 Å². The quantitative estimate of drug-likeness (QED) is 0.359. The molecule has 2 aromatic rings. The predicted molar refractivity (Wildman–Crippen MR) is 95.7 cm³/mol. The summed E-state index contributed by atoms with van der Waals surface area (Å²) < 4.78 is 10.8. The van der Waals surface area contributed by atoms with E-state index in [0.29, 0.717) is 21.5 Å². The van der Waals surface area contributed by atoms with Gasteiger partial charge in [-0.05, 0) is 42.8 Å². The number of furan rings is 1. The number of amides is 1. The highest BCUT2D eigenvalue weighted by Crippen LogP contribution is 2.32. The van der Waals surface area contributed by atoms with Gasteiger partial charge >= 0.3 is 5.97 Å². The highest BCUT2D eigenvalue weighted by Gasteiger charge is 2.30. The fraction of sp³-hybridized carbons (Fsp3) is 0.118. The molecule has 1 aromatic carbocycles. The zero-order valence-electron chi connectivity index (χ0n) is 12.7. The van der Waals surface area contributed by atoms with E-state index in [1.165, 1.54) is 24.1 Å². The lowest BCUT2D eigenvalue weighted by atomic mass is 10.2. The summed E-state index contributed by atoms with van der Waals surface area (Å²) in [5.41, 5.74) is 0.824. The third-order valence-electron chi connectivity index (χ3n) is 3.30. The number of hydrogen-bond donors (Lipinski definition) is 0. The monoisotopic (exact) mass is 359 g/mol. The topological polar surface area (TPSA) is 59.8 Å². The van der Waals surface area contributed by atoms with Gasteiger partial charge in [0, 0.05) is 6.54 Å². The number of esters is 1. The number of carbonyl (C=O) groups is 2. The number of thioether (sulfide) groups is 1. The molecule has 1 amide bonds. The second-order valence-electron chi connectivity index (χ2n) is 4.86. The van der Waals surface area contributed by atoms with Gasteiger partial charge in [0.15, 0.2) is 0 Å². The molecule has 0 unspecified atom stereocenters. The third-order valence-corrected chi connectivity index (χ3v) is 4.68. The Hall–Kier alpha value is -2.38. The Kier molecular flexibility index (Phi) is 4.82. The van der Waals surface area contributed by atoms with Gasteiger partial charge < -0.3 is 9.15 Å². The van der Waals surface area contributed by atoms with Crippen molar-refractivity contribution in [2.75, 3.05) is 6.54 Å². The van der Waals surface area contributed by atoms with E-state index in [4.69, 9.17) is 21.4 Å². The van der Waals surface area contributed by atoms with Gasteiger partial charge in [-0.15, -0.1) is 0 Å². The Morgan fingerprint density at radius 2 is 2.08 bits per heavy atom. The number of thiocarbonyl (C=S) groups is 1. The van der Waals surface area contributed by atoms with Crippen LogP contribution in [0.3, 0.4) is 0 Å². The molecule has 1 fully saturated rings. The van der Waals surface area contributed by atoms with E-state index in [1.54, 1.807) is 41.3 Å². The van der Waals surface area contributed by atoms with Crippen molar-refractivity contribution < 1.29 is 18.7 Å². The number of likely N-dealkylation sites (N-methyl/N-ethyl adjacent to an activating group) is 1. The fourth-order valence-corrected chi connectivity index (χ4v) is 3.49. The summed E-state index contributed by atoms with van der Waals surface area (Å²) >= 11 is 6.46. The first-order valence-corrected chi connectivity index (χ1v) is 8.42. The smallest absolute Gasteiger partial charge is 0.379 e. The predicted octanol–water partition coefficient (Wildman–Crippen LogP) is 3.72. The maximum absolute atomic E-state index is 12.2. The Morgan fingerprint density at radius 3 is 2.67 bits per heavy atom. The van der Waals surface area contributed by atoms with Crippen molar-refractivity contribution in [2.24, 2.45) is 0 Å². The number of carbonyl (C=O) groups excluding carboxylic acids is 2. The first-order chi connectivity index (χ1) is 11.6. The van der Waals surface area contributed by atoms with Crippen LogP contribution in [0.25, 0.3) is 6.08 Å². The molecule has 1 aliphatic heterocycles. The van der Waals surface area contributed by atoms with Gasteiger partial charge in [0.1, 0.15) is 10.1 Å². The molecule has 24 heavy (non-hydrogen) atoms. The van der Waals surface area contributed by atoms with Crippen LogP contribution in [-0.2, 0) is 4.79 Å². The second kappa shape index (κ2) is 7.02. The van der Waals surface area contributed by atoms with Crippen molar-refractivity contribution in [3.05, 3.63) is 58.9 Å². The molecule has 1 aromatic heterocycles.